The molecule has 88 valence electrons. The quantitative estimate of drug-likeness (QED) is 0.758. The lowest BCUT2D eigenvalue weighted by molar-refractivity contribution is 0.178. The molecule has 5 heteroatoms. The number of ether oxygens (including phenoxy) is 1. The fraction of sp³-hybridized carbons (Fsp3) is 0.636. The maximum absolute atomic E-state index is 5.96. The molecule has 0 bridgehead atoms. The first-order valence-electron chi connectivity index (χ1n) is 5.46. The summed E-state index contributed by atoms with van der Waals surface area (Å²) < 4.78 is 5.02. The third-order valence-corrected chi connectivity index (χ3v) is 3.18. The number of hydrogen-bond donors (Lipinski definition) is 0. The summed E-state index contributed by atoms with van der Waals surface area (Å²) in [5, 5.41) is 0.475. The summed E-state index contributed by atoms with van der Waals surface area (Å²) in [6, 6.07) is 2.40. The van der Waals surface area contributed by atoms with Crippen LogP contribution in [0.4, 0.5) is 5.82 Å². The van der Waals surface area contributed by atoms with Gasteiger partial charge < -0.3 is 9.64 Å². The molecule has 1 aliphatic rings. The lowest BCUT2D eigenvalue weighted by atomic mass is 9.92. The van der Waals surface area contributed by atoms with Gasteiger partial charge >= 0.3 is 0 Å². The van der Waals surface area contributed by atoms with Crippen LogP contribution in [-0.2, 0) is 11.3 Å². The Hall–Kier alpha value is -0.870. The molecule has 1 heterocycles. The Bertz CT molecular complexity index is 368. The van der Waals surface area contributed by atoms with Gasteiger partial charge in [-0.15, -0.1) is 0 Å². The fourth-order valence-electron chi connectivity index (χ4n) is 1.79. The van der Waals surface area contributed by atoms with E-state index < -0.39 is 0 Å². The van der Waals surface area contributed by atoms with Crippen molar-refractivity contribution in [1.29, 1.82) is 0 Å². The Balaban J connectivity index is 2.18. The smallest absolute Gasteiger partial charge is 0.158 e. The van der Waals surface area contributed by atoms with Crippen molar-refractivity contribution < 1.29 is 4.74 Å². The van der Waals surface area contributed by atoms with Crippen LogP contribution in [0.15, 0.2) is 6.07 Å². The second kappa shape index (κ2) is 4.97. The summed E-state index contributed by atoms with van der Waals surface area (Å²) in [5.41, 5.74) is 0. The van der Waals surface area contributed by atoms with E-state index >= 15 is 0 Å². The third-order valence-electron chi connectivity index (χ3n) is 2.98. The van der Waals surface area contributed by atoms with Crippen LogP contribution in [-0.4, -0.2) is 30.2 Å². The van der Waals surface area contributed by atoms with E-state index in [4.69, 9.17) is 16.3 Å². The minimum Gasteiger partial charge on any atom is -0.377 e. The molecule has 1 aromatic rings. The van der Waals surface area contributed by atoms with Crippen molar-refractivity contribution in [3.8, 4) is 0 Å². The van der Waals surface area contributed by atoms with Gasteiger partial charge in [0.25, 0.3) is 0 Å². The molecule has 1 aliphatic carbocycles. The average molecular weight is 242 g/mol. The number of aromatic nitrogens is 2. The van der Waals surface area contributed by atoms with Gasteiger partial charge in [-0.25, -0.2) is 9.97 Å². The van der Waals surface area contributed by atoms with E-state index in [2.05, 4.69) is 21.9 Å². The van der Waals surface area contributed by atoms with Crippen LogP contribution < -0.4 is 4.90 Å². The van der Waals surface area contributed by atoms with Crippen molar-refractivity contribution in [2.75, 3.05) is 19.1 Å². The molecule has 0 amide bonds. The molecule has 0 radical (unpaired) electrons. The van der Waals surface area contributed by atoms with Gasteiger partial charge in [-0.2, -0.15) is 0 Å². The summed E-state index contributed by atoms with van der Waals surface area (Å²) in [5.74, 6) is 1.52. The molecule has 1 saturated carbocycles. The highest BCUT2D eigenvalue weighted by molar-refractivity contribution is 6.29. The average Bonchev–Trinajstić information content (AvgIpc) is 2.14. The summed E-state index contributed by atoms with van der Waals surface area (Å²) in [6.07, 6.45) is 3.77. The van der Waals surface area contributed by atoms with E-state index in [1.807, 2.05) is 0 Å². The van der Waals surface area contributed by atoms with Crippen LogP contribution >= 0.6 is 11.6 Å². The Morgan fingerprint density at radius 1 is 1.50 bits per heavy atom. The Morgan fingerprint density at radius 2 is 2.25 bits per heavy atom. The van der Waals surface area contributed by atoms with Gasteiger partial charge in [-0.3, -0.25) is 0 Å². The monoisotopic (exact) mass is 241 g/mol. The van der Waals surface area contributed by atoms with E-state index in [-0.39, 0.29) is 0 Å². The molecular formula is C11H16ClN3O. The number of hydrogen-bond acceptors (Lipinski definition) is 4. The van der Waals surface area contributed by atoms with Crippen LogP contribution in [0.3, 0.4) is 0 Å². The molecule has 0 atom stereocenters. The van der Waals surface area contributed by atoms with E-state index in [1.54, 1.807) is 13.2 Å². The van der Waals surface area contributed by atoms with Crippen molar-refractivity contribution in [1.82, 2.24) is 9.97 Å². The lowest BCUT2D eigenvalue weighted by Crippen LogP contribution is -2.37. The Morgan fingerprint density at radius 3 is 2.81 bits per heavy atom. The predicted octanol–water partition coefficient (Wildman–Crippen LogP) is 2.27. The van der Waals surface area contributed by atoms with Gasteiger partial charge in [0.05, 0.1) is 0 Å². The molecule has 4 nitrogen and oxygen atoms in total. The highest BCUT2D eigenvalue weighted by Gasteiger charge is 2.23. The van der Waals surface area contributed by atoms with Crippen molar-refractivity contribution >= 4 is 17.4 Å². The summed E-state index contributed by atoms with van der Waals surface area (Å²) >= 11 is 5.96. The van der Waals surface area contributed by atoms with E-state index in [0.29, 0.717) is 23.6 Å². The highest BCUT2D eigenvalue weighted by atomic mass is 35.5. The predicted molar refractivity (Wildman–Crippen MR) is 63.8 cm³/mol. The van der Waals surface area contributed by atoms with E-state index in [0.717, 1.165) is 5.82 Å². The van der Waals surface area contributed by atoms with Crippen molar-refractivity contribution in [3.63, 3.8) is 0 Å². The standard InChI is InChI=1S/C11H16ClN3O/c1-15(8-4-3-5-8)11-6-9(12)13-10(14-11)7-16-2/h6,8H,3-5,7H2,1-2H3. The van der Waals surface area contributed by atoms with Crippen LogP contribution in [0.25, 0.3) is 0 Å². The molecule has 0 spiro atoms. The van der Waals surface area contributed by atoms with E-state index in [1.165, 1.54) is 19.3 Å². The van der Waals surface area contributed by atoms with Crippen molar-refractivity contribution in [3.05, 3.63) is 17.0 Å². The molecule has 2 rings (SSSR count). The molecule has 0 aliphatic heterocycles. The maximum Gasteiger partial charge on any atom is 0.158 e. The largest absolute Gasteiger partial charge is 0.377 e. The number of methoxy groups -OCH3 is 1. The van der Waals surface area contributed by atoms with Gasteiger partial charge in [0.1, 0.15) is 17.6 Å². The molecule has 16 heavy (non-hydrogen) atoms. The normalized spacial score (nSPS) is 15.9. The second-order valence-corrected chi connectivity index (χ2v) is 4.48. The van der Waals surface area contributed by atoms with Crippen molar-refractivity contribution in [2.24, 2.45) is 0 Å². The van der Waals surface area contributed by atoms with E-state index in [9.17, 15) is 0 Å². The SMILES string of the molecule is COCc1nc(Cl)cc(N(C)C2CCC2)n1. The van der Waals surface area contributed by atoms with Gasteiger partial charge in [0.15, 0.2) is 5.82 Å². The zero-order valence-corrected chi connectivity index (χ0v) is 10.4. The zero-order chi connectivity index (χ0) is 11.5. The first-order chi connectivity index (χ1) is 7.70. The molecule has 0 saturated heterocycles. The second-order valence-electron chi connectivity index (χ2n) is 4.09. The molecule has 0 N–H and O–H groups in total. The molecule has 1 aromatic heterocycles. The fourth-order valence-corrected chi connectivity index (χ4v) is 1.98. The molecule has 0 aromatic carbocycles. The van der Waals surface area contributed by atoms with Crippen LogP contribution in [0.2, 0.25) is 5.15 Å². The van der Waals surface area contributed by atoms with Crippen LogP contribution in [0.1, 0.15) is 25.1 Å². The van der Waals surface area contributed by atoms with Gasteiger partial charge in [-0.05, 0) is 19.3 Å². The topological polar surface area (TPSA) is 38.2 Å². The number of anilines is 1. The molecule has 1 fully saturated rings. The van der Waals surface area contributed by atoms with Crippen LogP contribution in [0.5, 0.6) is 0 Å². The number of halogens is 1. The zero-order valence-electron chi connectivity index (χ0n) is 9.61. The minimum atomic E-state index is 0.395. The first-order valence-corrected chi connectivity index (χ1v) is 5.83. The maximum atomic E-state index is 5.96. The van der Waals surface area contributed by atoms with Gasteiger partial charge in [0, 0.05) is 26.3 Å². The summed E-state index contributed by atoms with van der Waals surface area (Å²) in [4.78, 5) is 10.7. The van der Waals surface area contributed by atoms with Gasteiger partial charge in [-0.1, -0.05) is 11.6 Å². The minimum absolute atomic E-state index is 0.395. The van der Waals surface area contributed by atoms with Crippen molar-refractivity contribution in [2.45, 2.75) is 31.9 Å². The highest BCUT2D eigenvalue weighted by Crippen LogP contribution is 2.27. The lowest BCUT2D eigenvalue weighted by Gasteiger charge is -2.35. The first kappa shape index (κ1) is 11.6. The van der Waals surface area contributed by atoms with Crippen LogP contribution in [0, 0.1) is 0 Å². The summed E-state index contributed by atoms with van der Waals surface area (Å²) in [6.45, 7) is 0.395. The Kier molecular flexibility index (Phi) is 3.61. The number of rotatable bonds is 4. The Labute approximate surface area is 101 Å². The summed E-state index contributed by atoms with van der Waals surface area (Å²) in [7, 11) is 3.68. The molecule has 0 unspecified atom stereocenters. The number of nitrogens with zero attached hydrogens (tertiary/aromatic N) is 3. The molecular weight excluding hydrogens is 226 g/mol. The van der Waals surface area contributed by atoms with Gasteiger partial charge in [0.2, 0.25) is 0 Å². The third kappa shape index (κ3) is 2.44.